The first-order chi connectivity index (χ1) is 13.3. The summed E-state index contributed by atoms with van der Waals surface area (Å²) < 4.78 is 42.3. The third-order valence-electron chi connectivity index (χ3n) is 4.86. The molecule has 2 atom stereocenters. The lowest BCUT2D eigenvalue weighted by molar-refractivity contribution is 0.0697. The van der Waals surface area contributed by atoms with Gasteiger partial charge in [0.2, 0.25) is 10.0 Å². The van der Waals surface area contributed by atoms with Crippen LogP contribution < -0.4 is 0 Å². The van der Waals surface area contributed by atoms with Gasteiger partial charge in [0, 0.05) is 12.7 Å². The quantitative estimate of drug-likeness (QED) is 0.707. The monoisotopic (exact) mass is 426 g/mol. The summed E-state index contributed by atoms with van der Waals surface area (Å²) in [7, 11) is -4.02. The molecule has 0 bridgehead atoms. The van der Waals surface area contributed by atoms with Crippen LogP contribution in [0.1, 0.15) is 41.6 Å². The van der Waals surface area contributed by atoms with Gasteiger partial charge in [-0.25, -0.2) is 22.6 Å². The molecule has 1 aliphatic carbocycles. The van der Waals surface area contributed by atoms with Gasteiger partial charge < -0.3 is 5.11 Å². The minimum atomic E-state index is -4.02. The van der Waals surface area contributed by atoms with Gasteiger partial charge in [-0.3, -0.25) is 0 Å². The van der Waals surface area contributed by atoms with E-state index in [1.54, 1.807) is 12.1 Å². The van der Waals surface area contributed by atoms with E-state index in [0.29, 0.717) is 18.4 Å². The molecule has 9 heteroatoms. The van der Waals surface area contributed by atoms with E-state index in [1.807, 2.05) is 0 Å². The predicted octanol–water partition coefficient (Wildman–Crippen LogP) is 3.90. The number of aromatic nitrogens is 1. The van der Waals surface area contributed by atoms with Gasteiger partial charge >= 0.3 is 5.97 Å². The molecule has 3 rings (SSSR count). The number of nitrogens with zero attached hydrogens (tertiary/aromatic N) is 2. The normalized spacial score (nSPS) is 20.2. The zero-order chi connectivity index (χ0) is 20.3. The highest BCUT2D eigenvalue weighted by atomic mass is 35.5. The lowest BCUT2D eigenvalue weighted by Gasteiger charge is -2.35. The molecule has 0 spiro atoms. The van der Waals surface area contributed by atoms with Crippen LogP contribution in [0.3, 0.4) is 0 Å². The molecule has 1 heterocycles. The van der Waals surface area contributed by atoms with Crippen molar-refractivity contribution in [2.75, 3.05) is 0 Å². The fourth-order valence-corrected chi connectivity index (χ4v) is 5.08. The second kappa shape index (κ2) is 8.55. The summed E-state index contributed by atoms with van der Waals surface area (Å²) in [5, 5.41) is 9.19. The van der Waals surface area contributed by atoms with E-state index in [4.69, 9.17) is 16.7 Å². The summed E-state index contributed by atoms with van der Waals surface area (Å²) >= 11 is 5.76. The Labute approximate surface area is 168 Å². The number of carbonyl (C=O) groups is 1. The van der Waals surface area contributed by atoms with E-state index >= 15 is 0 Å². The molecular weight excluding hydrogens is 407 g/mol. The largest absolute Gasteiger partial charge is 0.478 e. The summed E-state index contributed by atoms with van der Waals surface area (Å²) in [5.41, 5.74) is 0.675. The molecule has 1 saturated carbocycles. The number of rotatable bonds is 6. The van der Waals surface area contributed by atoms with Crippen LogP contribution in [0.25, 0.3) is 0 Å². The van der Waals surface area contributed by atoms with E-state index in [1.165, 1.54) is 24.3 Å². The molecule has 28 heavy (non-hydrogen) atoms. The molecular formula is C19H20ClFN2O4S. The van der Waals surface area contributed by atoms with Crippen molar-refractivity contribution in [3.63, 3.8) is 0 Å². The summed E-state index contributed by atoms with van der Waals surface area (Å²) in [6, 6.07) is 7.84. The summed E-state index contributed by atoms with van der Waals surface area (Å²) in [6.45, 7) is -0.0596. The average Bonchev–Trinajstić information content (AvgIpc) is 2.67. The van der Waals surface area contributed by atoms with E-state index in [-0.39, 0.29) is 22.2 Å². The average molecular weight is 427 g/mol. The smallest absolute Gasteiger partial charge is 0.335 e. The lowest BCUT2D eigenvalue weighted by Crippen LogP contribution is -2.46. The predicted molar refractivity (Wildman–Crippen MR) is 103 cm³/mol. The molecule has 0 aliphatic heterocycles. The Morgan fingerprint density at radius 1 is 1.18 bits per heavy atom. The van der Waals surface area contributed by atoms with E-state index in [2.05, 4.69) is 4.98 Å². The molecule has 1 aromatic carbocycles. The van der Waals surface area contributed by atoms with Crippen LogP contribution in [0.4, 0.5) is 4.39 Å². The third-order valence-corrected chi connectivity index (χ3v) is 6.94. The van der Waals surface area contributed by atoms with Crippen molar-refractivity contribution in [3.8, 4) is 0 Å². The number of sulfonamides is 1. The number of carboxylic acid groups (broad SMARTS) is 1. The molecule has 0 amide bonds. The van der Waals surface area contributed by atoms with Gasteiger partial charge in [-0.05, 0) is 42.7 Å². The molecule has 1 aromatic heterocycles. The third kappa shape index (κ3) is 4.51. The van der Waals surface area contributed by atoms with Crippen molar-refractivity contribution in [1.82, 2.24) is 9.29 Å². The van der Waals surface area contributed by atoms with Crippen LogP contribution >= 0.6 is 11.6 Å². The van der Waals surface area contributed by atoms with Gasteiger partial charge in [0.15, 0.2) is 0 Å². The first-order valence-corrected chi connectivity index (χ1v) is 10.7. The molecule has 0 radical (unpaired) electrons. The Morgan fingerprint density at radius 3 is 2.43 bits per heavy atom. The van der Waals surface area contributed by atoms with E-state index in [9.17, 15) is 17.6 Å². The first-order valence-electron chi connectivity index (χ1n) is 8.89. The number of hydrogen-bond acceptors (Lipinski definition) is 4. The molecule has 1 aliphatic rings. The number of benzene rings is 1. The summed E-state index contributed by atoms with van der Waals surface area (Å²) in [4.78, 5) is 14.8. The van der Waals surface area contributed by atoms with Crippen LogP contribution in [0, 0.1) is 0 Å². The number of aromatic carboxylic acids is 1. The van der Waals surface area contributed by atoms with Crippen molar-refractivity contribution in [1.29, 1.82) is 0 Å². The molecule has 2 aromatic rings. The van der Waals surface area contributed by atoms with Crippen molar-refractivity contribution in [2.45, 2.75) is 49.3 Å². The fraction of sp³-hybridized carbons (Fsp3) is 0.368. The van der Waals surface area contributed by atoms with Crippen LogP contribution in [0.5, 0.6) is 0 Å². The second-order valence-electron chi connectivity index (χ2n) is 6.74. The minimum absolute atomic E-state index is 0.0585. The second-order valence-corrected chi connectivity index (χ2v) is 9.01. The first kappa shape index (κ1) is 20.7. The van der Waals surface area contributed by atoms with Gasteiger partial charge in [-0.1, -0.05) is 36.6 Å². The number of carboxylic acids is 1. The fourth-order valence-electron chi connectivity index (χ4n) is 3.35. The van der Waals surface area contributed by atoms with Gasteiger partial charge in [-0.15, -0.1) is 0 Å². The zero-order valence-corrected chi connectivity index (χ0v) is 16.5. The number of pyridine rings is 1. The van der Waals surface area contributed by atoms with Crippen LogP contribution in [-0.2, 0) is 16.6 Å². The lowest BCUT2D eigenvalue weighted by atomic mass is 9.93. The number of hydrogen-bond donors (Lipinski definition) is 1. The van der Waals surface area contributed by atoms with Crippen LogP contribution in [0.2, 0.25) is 5.15 Å². The maximum absolute atomic E-state index is 14.7. The van der Waals surface area contributed by atoms with Gasteiger partial charge in [0.1, 0.15) is 16.2 Å². The Kier molecular flexibility index (Phi) is 6.32. The Morgan fingerprint density at radius 2 is 1.86 bits per heavy atom. The molecule has 0 saturated heterocycles. The molecule has 1 fully saturated rings. The minimum Gasteiger partial charge on any atom is -0.478 e. The summed E-state index contributed by atoms with van der Waals surface area (Å²) in [5.74, 6) is -1.07. The van der Waals surface area contributed by atoms with Gasteiger partial charge in [0.25, 0.3) is 0 Å². The highest BCUT2D eigenvalue weighted by Crippen LogP contribution is 2.31. The van der Waals surface area contributed by atoms with E-state index in [0.717, 1.165) is 23.3 Å². The van der Waals surface area contributed by atoms with Crippen LogP contribution in [-0.4, -0.2) is 41.0 Å². The van der Waals surface area contributed by atoms with E-state index < -0.39 is 28.2 Å². The van der Waals surface area contributed by atoms with Gasteiger partial charge in [-0.2, -0.15) is 4.31 Å². The standard InChI is InChI=1S/C19H20ClFN2O4S/c20-18-10-9-15(11-22-18)28(26,27)23(17-4-2-1-3-16(17)21)12-13-5-7-14(8-6-13)19(24)25/h5-11,16-17H,1-4,12H2,(H,24,25). The zero-order valence-electron chi connectivity index (χ0n) is 15.0. The number of halogens is 2. The molecule has 150 valence electrons. The summed E-state index contributed by atoms with van der Waals surface area (Å²) in [6.07, 6.45) is 2.10. The van der Waals surface area contributed by atoms with Crippen molar-refractivity contribution >= 4 is 27.6 Å². The SMILES string of the molecule is O=C(O)c1ccc(CN(C2CCCCC2F)S(=O)(=O)c2ccc(Cl)nc2)cc1. The molecule has 2 unspecified atom stereocenters. The van der Waals surface area contributed by atoms with Crippen molar-refractivity contribution in [2.24, 2.45) is 0 Å². The van der Waals surface area contributed by atoms with Gasteiger partial charge in [0.05, 0.1) is 11.6 Å². The highest BCUT2D eigenvalue weighted by molar-refractivity contribution is 7.89. The van der Waals surface area contributed by atoms with Crippen molar-refractivity contribution in [3.05, 3.63) is 58.9 Å². The maximum Gasteiger partial charge on any atom is 0.335 e. The maximum atomic E-state index is 14.7. The Hall–Kier alpha value is -2.03. The molecule has 6 nitrogen and oxygen atoms in total. The topological polar surface area (TPSA) is 87.6 Å². The van der Waals surface area contributed by atoms with Crippen LogP contribution in [0.15, 0.2) is 47.5 Å². The Balaban J connectivity index is 1.97. The Bertz CT molecular complexity index is 935. The van der Waals surface area contributed by atoms with Crippen molar-refractivity contribution < 1.29 is 22.7 Å². The highest BCUT2D eigenvalue weighted by Gasteiger charge is 2.38. The molecule has 1 N–H and O–H groups in total. The number of alkyl halides is 1.